The fraction of sp³-hybridized carbons (Fsp3) is 0. The number of hydrogen-bond donors (Lipinski definition) is 0. The molecule has 0 radical (unpaired) electrons. The van der Waals surface area contributed by atoms with Crippen LogP contribution in [0.4, 0.5) is 17.1 Å². The van der Waals surface area contributed by atoms with Gasteiger partial charge in [-0.1, -0.05) is 152 Å². The first-order valence-corrected chi connectivity index (χ1v) is 18.6. The molecule has 0 bridgehead atoms. The summed E-state index contributed by atoms with van der Waals surface area (Å²) in [5, 5.41) is 7.69. The number of fused-ring (bicyclic) bond motifs is 6. The van der Waals surface area contributed by atoms with Crippen molar-refractivity contribution in [2.45, 2.75) is 0 Å². The molecule has 0 saturated carbocycles. The summed E-state index contributed by atoms with van der Waals surface area (Å²) < 4.78 is 2.59. The SMILES string of the molecule is c1ccc(-c2cccc(-c3ccc(N(c4ccc(-c5cc6ccccc6c6ccccc56)cc4)c4cccc5c4sc4ccccc45)cc3)c2)cc1. The molecule has 0 spiro atoms. The Hall–Kier alpha value is -6.48. The van der Waals surface area contributed by atoms with E-state index in [1.54, 1.807) is 0 Å². The summed E-state index contributed by atoms with van der Waals surface area (Å²) in [4.78, 5) is 2.42. The smallest absolute Gasteiger partial charge is 0.0640 e. The van der Waals surface area contributed by atoms with Gasteiger partial charge in [0.05, 0.1) is 10.4 Å². The number of hydrogen-bond acceptors (Lipinski definition) is 2. The van der Waals surface area contributed by atoms with Gasteiger partial charge >= 0.3 is 0 Å². The molecular formula is C50H33NS. The van der Waals surface area contributed by atoms with Gasteiger partial charge in [-0.05, 0) is 103 Å². The van der Waals surface area contributed by atoms with E-state index in [0.717, 1.165) is 11.4 Å². The van der Waals surface area contributed by atoms with E-state index < -0.39 is 0 Å². The van der Waals surface area contributed by atoms with Gasteiger partial charge < -0.3 is 4.90 Å². The predicted octanol–water partition coefficient (Wildman–Crippen LogP) is 14.8. The Labute approximate surface area is 307 Å². The monoisotopic (exact) mass is 679 g/mol. The predicted molar refractivity (Wildman–Crippen MR) is 225 cm³/mol. The zero-order chi connectivity index (χ0) is 34.4. The molecule has 0 aliphatic heterocycles. The zero-order valence-corrected chi connectivity index (χ0v) is 29.2. The van der Waals surface area contributed by atoms with Gasteiger partial charge in [0.25, 0.3) is 0 Å². The molecule has 0 amide bonds. The molecule has 10 rings (SSSR count). The van der Waals surface area contributed by atoms with Crippen LogP contribution in [-0.2, 0) is 0 Å². The Morgan fingerprint density at radius 1 is 0.327 bits per heavy atom. The molecule has 1 heterocycles. The Kier molecular flexibility index (Phi) is 7.41. The highest BCUT2D eigenvalue weighted by atomic mass is 32.1. The highest BCUT2D eigenvalue weighted by Gasteiger charge is 2.19. The van der Waals surface area contributed by atoms with Crippen molar-refractivity contribution in [1.82, 2.24) is 0 Å². The first-order valence-electron chi connectivity index (χ1n) is 17.8. The van der Waals surface area contributed by atoms with Crippen LogP contribution in [0.5, 0.6) is 0 Å². The van der Waals surface area contributed by atoms with Crippen LogP contribution >= 0.6 is 11.3 Å². The van der Waals surface area contributed by atoms with E-state index in [4.69, 9.17) is 0 Å². The molecule has 0 N–H and O–H groups in total. The topological polar surface area (TPSA) is 3.24 Å². The van der Waals surface area contributed by atoms with Crippen molar-refractivity contribution < 1.29 is 0 Å². The highest BCUT2D eigenvalue weighted by Crippen LogP contribution is 2.45. The third kappa shape index (κ3) is 5.24. The molecule has 10 aromatic rings. The summed E-state index contributed by atoms with van der Waals surface area (Å²) in [6.45, 7) is 0. The van der Waals surface area contributed by atoms with Crippen molar-refractivity contribution in [2.75, 3.05) is 4.90 Å². The minimum Gasteiger partial charge on any atom is -0.309 e. The lowest BCUT2D eigenvalue weighted by Crippen LogP contribution is -2.10. The Bertz CT molecular complexity index is 2890. The molecule has 1 nitrogen and oxygen atoms in total. The van der Waals surface area contributed by atoms with Crippen molar-refractivity contribution in [1.29, 1.82) is 0 Å². The van der Waals surface area contributed by atoms with Gasteiger partial charge in [-0.3, -0.25) is 0 Å². The lowest BCUT2D eigenvalue weighted by atomic mass is 9.93. The van der Waals surface area contributed by atoms with Crippen LogP contribution in [0.3, 0.4) is 0 Å². The second-order valence-electron chi connectivity index (χ2n) is 13.3. The van der Waals surface area contributed by atoms with Crippen LogP contribution in [0.2, 0.25) is 0 Å². The normalized spacial score (nSPS) is 11.5. The molecule has 2 heteroatoms. The summed E-state index contributed by atoms with van der Waals surface area (Å²) in [7, 11) is 0. The number of anilines is 3. The van der Waals surface area contributed by atoms with Crippen molar-refractivity contribution in [3.8, 4) is 33.4 Å². The maximum atomic E-state index is 2.42. The number of benzene rings is 9. The molecule has 0 aliphatic rings. The number of rotatable bonds is 6. The molecular weight excluding hydrogens is 647 g/mol. The molecule has 0 unspecified atom stereocenters. The van der Waals surface area contributed by atoms with Gasteiger partial charge in [-0.25, -0.2) is 0 Å². The molecule has 0 aliphatic carbocycles. The van der Waals surface area contributed by atoms with Crippen LogP contribution in [0.1, 0.15) is 0 Å². The lowest BCUT2D eigenvalue weighted by Gasteiger charge is -2.26. The Morgan fingerprint density at radius 3 is 1.62 bits per heavy atom. The van der Waals surface area contributed by atoms with Gasteiger partial charge in [-0.15, -0.1) is 11.3 Å². The van der Waals surface area contributed by atoms with Crippen LogP contribution in [0.15, 0.2) is 200 Å². The maximum Gasteiger partial charge on any atom is 0.0640 e. The van der Waals surface area contributed by atoms with Gasteiger partial charge in [0.15, 0.2) is 0 Å². The van der Waals surface area contributed by atoms with Gasteiger partial charge in [0.1, 0.15) is 0 Å². The van der Waals surface area contributed by atoms with E-state index in [1.807, 2.05) is 11.3 Å². The van der Waals surface area contributed by atoms with Crippen LogP contribution in [-0.4, -0.2) is 0 Å². The molecule has 0 fully saturated rings. The summed E-state index contributed by atoms with van der Waals surface area (Å²) in [6.07, 6.45) is 0. The molecule has 1 aromatic heterocycles. The van der Waals surface area contributed by atoms with E-state index in [0.29, 0.717) is 0 Å². The molecule has 0 atom stereocenters. The van der Waals surface area contributed by atoms with E-state index >= 15 is 0 Å². The third-order valence-corrected chi connectivity index (χ3v) is 11.5. The van der Waals surface area contributed by atoms with Gasteiger partial charge in [-0.2, -0.15) is 0 Å². The summed E-state index contributed by atoms with van der Waals surface area (Å²) in [6, 6.07) is 72.9. The van der Waals surface area contributed by atoms with E-state index in [1.165, 1.54) is 80.8 Å². The average Bonchev–Trinajstić information content (AvgIpc) is 3.61. The summed E-state index contributed by atoms with van der Waals surface area (Å²) in [5.41, 5.74) is 10.7. The fourth-order valence-corrected chi connectivity index (χ4v) is 8.94. The first-order chi connectivity index (χ1) is 25.8. The summed E-state index contributed by atoms with van der Waals surface area (Å²) in [5.74, 6) is 0. The largest absolute Gasteiger partial charge is 0.309 e. The van der Waals surface area contributed by atoms with Crippen LogP contribution in [0.25, 0.3) is 75.1 Å². The third-order valence-electron chi connectivity index (χ3n) is 10.3. The maximum absolute atomic E-state index is 2.42. The molecule has 244 valence electrons. The van der Waals surface area contributed by atoms with Crippen LogP contribution < -0.4 is 4.90 Å². The van der Waals surface area contributed by atoms with Gasteiger partial charge in [0, 0.05) is 26.8 Å². The standard InChI is InChI=1S/C50H33NS/c1-2-12-34(13-3-1)37-15-10-16-38(32-37)35-24-28-40(29-25-35)51(48-22-11-21-46-45-20-8-9-23-49(45)52-50(46)48)41-30-26-36(27-31-41)47-33-39-14-4-5-17-42(39)43-18-6-7-19-44(43)47/h1-33H. The average molecular weight is 680 g/mol. The lowest BCUT2D eigenvalue weighted by molar-refractivity contribution is 1.30. The molecule has 9 aromatic carbocycles. The Morgan fingerprint density at radius 2 is 0.865 bits per heavy atom. The van der Waals surface area contributed by atoms with E-state index in [9.17, 15) is 0 Å². The second-order valence-corrected chi connectivity index (χ2v) is 14.4. The van der Waals surface area contributed by atoms with Crippen molar-refractivity contribution in [2.24, 2.45) is 0 Å². The van der Waals surface area contributed by atoms with Crippen LogP contribution in [0, 0.1) is 0 Å². The second kappa shape index (κ2) is 12.7. The number of nitrogens with zero attached hydrogens (tertiary/aromatic N) is 1. The van der Waals surface area contributed by atoms with Crippen molar-refractivity contribution >= 4 is 70.1 Å². The van der Waals surface area contributed by atoms with Crippen molar-refractivity contribution in [3.63, 3.8) is 0 Å². The Balaban J connectivity index is 1.10. The summed E-state index contributed by atoms with van der Waals surface area (Å²) >= 11 is 1.87. The van der Waals surface area contributed by atoms with E-state index in [-0.39, 0.29) is 0 Å². The van der Waals surface area contributed by atoms with Gasteiger partial charge in [0.2, 0.25) is 0 Å². The quantitative estimate of drug-likeness (QED) is 0.158. The molecule has 0 saturated heterocycles. The minimum absolute atomic E-state index is 1.12. The first kappa shape index (κ1) is 30.4. The van der Waals surface area contributed by atoms with E-state index in [2.05, 4.69) is 205 Å². The zero-order valence-electron chi connectivity index (χ0n) is 28.4. The fourth-order valence-electron chi connectivity index (χ4n) is 7.73. The molecule has 52 heavy (non-hydrogen) atoms. The highest BCUT2D eigenvalue weighted by molar-refractivity contribution is 7.26. The van der Waals surface area contributed by atoms with Crippen molar-refractivity contribution in [3.05, 3.63) is 200 Å². The minimum atomic E-state index is 1.12. The number of thiophene rings is 1.